The maximum absolute atomic E-state index is 5.42. The summed E-state index contributed by atoms with van der Waals surface area (Å²) in [6.07, 6.45) is 3.52. The van der Waals surface area contributed by atoms with Gasteiger partial charge < -0.3 is 20.3 Å². The highest BCUT2D eigenvalue weighted by Gasteiger charge is 2.20. The van der Waals surface area contributed by atoms with E-state index in [2.05, 4.69) is 46.5 Å². The van der Waals surface area contributed by atoms with Crippen molar-refractivity contribution in [3.63, 3.8) is 0 Å². The molecule has 1 aromatic carbocycles. The van der Waals surface area contributed by atoms with Crippen LogP contribution >= 0.6 is 0 Å². The van der Waals surface area contributed by atoms with E-state index in [1.54, 1.807) is 7.11 Å². The molecule has 1 aliphatic rings. The average molecular weight is 361 g/mol. The number of rotatable bonds is 8. The molecule has 5 heteroatoms. The number of nitrogens with zero attached hydrogens (tertiary/aromatic N) is 2. The van der Waals surface area contributed by atoms with Crippen LogP contribution in [0.15, 0.2) is 29.3 Å². The summed E-state index contributed by atoms with van der Waals surface area (Å²) in [5, 5.41) is 6.93. The maximum atomic E-state index is 5.42. The van der Waals surface area contributed by atoms with E-state index in [1.165, 1.54) is 38.0 Å². The first-order valence-corrected chi connectivity index (χ1v) is 9.91. The first kappa shape index (κ1) is 20.6. The van der Waals surface area contributed by atoms with Crippen LogP contribution in [0.25, 0.3) is 0 Å². The third-order valence-corrected chi connectivity index (χ3v) is 4.89. The van der Waals surface area contributed by atoms with E-state index in [-0.39, 0.29) is 0 Å². The van der Waals surface area contributed by atoms with Crippen LogP contribution in [0.3, 0.4) is 0 Å². The van der Waals surface area contributed by atoms with Gasteiger partial charge in [0.15, 0.2) is 5.96 Å². The minimum absolute atomic E-state index is 0.704. The van der Waals surface area contributed by atoms with Crippen LogP contribution in [0.1, 0.15) is 32.3 Å². The van der Waals surface area contributed by atoms with Gasteiger partial charge in [0.05, 0.1) is 7.11 Å². The van der Waals surface area contributed by atoms with E-state index >= 15 is 0 Å². The second-order valence-electron chi connectivity index (χ2n) is 7.60. The van der Waals surface area contributed by atoms with Gasteiger partial charge >= 0.3 is 0 Å². The maximum Gasteiger partial charge on any atom is 0.190 e. The Kier molecular flexibility index (Phi) is 8.75. The van der Waals surface area contributed by atoms with E-state index in [9.17, 15) is 0 Å². The molecule has 0 bridgehead atoms. The normalized spacial score (nSPS) is 18.8. The van der Waals surface area contributed by atoms with Crippen LogP contribution in [-0.2, 0) is 6.42 Å². The lowest BCUT2D eigenvalue weighted by Crippen LogP contribution is -2.45. The minimum Gasteiger partial charge on any atom is -0.496 e. The van der Waals surface area contributed by atoms with Crippen LogP contribution in [0.4, 0.5) is 0 Å². The van der Waals surface area contributed by atoms with E-state index in [0.29, 0.717) is 5.92 Å². The summed E-state index contributed by atoms with van der Waals surface area (Å²) < 4.78 is 5.42. The van der Waals surface area contributed by atoms with Gasteiger partial charge in [-0.25, -0.2) is 0 Å². The molecule has 0 aromatic heterocycles. The summed E-state index contributed by atoms with van der Waals surface area (Å²) in [4.78, 5) is 6.97. The van der Waals surface area contributed by atoms with Crippen molar-refractivity contribution >= 4 is 5.96 Å². The average Bonchev–Trinajstić information content (AvgIpc) is 2.64. The fourth-order valence-electron chi connectivity index (χ4n) is 3.69. The number of nitrogens with one attached hydrogen (secondary N) is 2. The molecule has 1 heterocycles. The zero-order valence-corrected chi connectivity index (χ0v) is 16.9. The Morgan fingerprint density at radius 3 is 2.85 bits per heavy atom. The zero-order chi connectivity index (χ0) is 18.8. The van der Waals surface area contributed by atoms with Gasteiger partial charge in [-0.2, -0.15) is 0 Å². The highest BCUT2D eigenvalue weighted by molar-refractivity contribution is 5.79. The van der Waals surface area contributed by atoms with Crippen molar-refractivity contribution in [2.75, 3.05) is 46.9 Å². The molecule has 1 atom stereocenters. The minimum atomic E-state index is 0.704. The van der Waals surface area contributed by atoms with Gasteiger partial charge in [-0.05, 0) is 49.3 Å². The largest absolute Gasteiger partial charge is 0.496 e. The molecule has 2 N–H and O–H groups in total. The number of hydrogen-bond acceptors (Lipinski definition) is 3. The van der Waals surface area contributed by atoms with Crippen LogP contribution in [0, 0.1) is 11.8 Å². The molecule has 0 spiro atoms. The summed E-state index contributed by atoms with van der Waals surface area (Å²) in [6, 6.07) is 8.18. The number of likely N-dealkylation sites (tertiary alicyclic amines) is 1. The number of methoxy groups -OCH3 is 1. The number of piperidine rings is 1. The lowest BCUT2D eigenvalue weighted by atomic mass is 9.97. The molecule has 2 rings (SSSR count). The van der Waals surface area contributed by atoms with Crippen molar-refractivity contribution in [2.24, 2.45) is 16.8 Å². The fourth-order valence-corrected chi connectivity index (χ4v) is 3.69. The predicted molar refractivity (Wildman–Crippen MR) is 110 cm³/mol. The molecule has 5 nitrogen and oxygen atoms in total. The van der Waals surface area contributed by atoms with Crippen LogP contribution in [-0.4, -0.2) is 57.7 Å². The number of ether oxygens (including phenoxy) is 1. The summed E-state index contributed by atoms with van der Waals surface area (Å²) in [5.74, 6) is 3.28. The first-order valence-electron chi connectivity index (χ1n) is 9.91. The molecule has 1 unspecified atom stereocenters. The van der Waals surface area contributed by atoms with Gasteiger partial charge in [0, 0.05) is 33.2 Å². The van der Waals surface area contributed by atoms with Gasteiger partial charge in [-0.15, -0.1) is 0 Å². The molecule has 146 valence electrons. The molecule has 0 radical (unpaired) electrons. The van der Waals surface area contributed by atoms with Gasteiger partial charge in [-0.3, -0.25) is 4.99 Å². The standard InChI is InChI=1S/C21H36N4O/c1-17(2)15-25-13-7-8-18(16-25)14-24-21(22-3)23-12-11-19-9-5-6-10-20(19)26-4/h5-6,9-10,17-18H,7-8,11-16H2,1-4H3,(H2,22,23,24). The van der Waals surface area contributed by atoms with Crippen LogP contribution < -0.4 is 15.4 Å². The smallest absolute Gasteiger partial charge is 0.190 e. The summed E-state index contributed by atoms with van der Waals surface area (Å²) >= 11 is 0. The molecule has 26 heavy (non-hydrogen) atoms. The van der Waals surface area contributed by atoms with Crippen molar-refractivity contribution < 1.29 is 4.74 Å². The quantitative estimate of drug-likeness (QED) is 0.553. The van der Waals surface area contributed by atoms with Crippen molar-refractivity contribution in [3.8, 4) is 5.75 Å². The second-order valence-corrected chi connectivity index (χ2v) is 7.60. The zero-order valence-electron chi connectivity index (χ0n) is 16.9. The Hall–Kier alpha value is -1.75. The molecule has 0 aliphatic carbocycles. The van der Waals surface area contributed by atoms with Gasteiger partial charge in [-0.1, -0.05) is 32.0 Å². The molecule has 0 saturated carbocycles. The van der Waals surface area contributed by atoms with E-state index < -0.39 is 0 Å². The Labute approximate surface area is 159 Å². The van der Waals surface area contributed by atoms with Crippen molar-refractivity contribution in [1.82, 2.24) is 15.5 Å². The molecule has 1 aromatic rings. The molecule has 1 saturated heterocycles. The van der Waals surface area contributed by atoms with Gasteiger partial charge in [0.1, 0.15) is 5.75 Å². The van der Waals surface area contributed by atoms with E-state index in [0.717, 1.165) is 37.1 Å². The molecule has 1 aliphatic heterocycles. The SMILES string of the molecule is CN=C(NCCc1ccccc1OC)NCC1CCCN(CC(C)C)C1. The predicted octanol–water partition coefficient (Wildman–Crippen LogP) is 2.77. The van der Waals surface area contributed by atoms with Crippen LogP contribution in [0.2, 0.25) is 0 Å². The molecular formula is C21H36N4O. The number of hydrogen-bond donors (Lipinski definition) is 2. The highest BCUT2D eigenvalue weighted by Crippen LogP contribution is 2.18. The van der Waals surface area contributed by atoms with E-state index in [4.69, 9.17) is 4.74 Å². The molecule has 0 amide bonds. The van der Waals surface area contributed by atoms with Crippen LogP contribution in [0.5, 0.6) is 5.75 Å². The Morgan fingerprint density at radius 2 is 2.12 bits per heavy atom. The number of para-hydroxylation sites is 1. The molecule has 1 fully saturated rings. The fraction of sp³-hybridized carbons (Fsp3) is 0.667. The number of aliphatic imine (C=N–C) groups is 1. The molecular weight excluding hydrogens is 324 g/mol. The highest BCUT2D eigenvalue weighted by atomic mass is 16.5. The Bertz CT molecular complexity index is 559. The van der Waals surface area contributed by atoms with Gasteiger partial charge in [0.2, 0.25) is 0 Å². The van der Waals surface area contributed by atoms with Crippen molar-refractivity contribution in [2.45, 2.75) is 33.1 Å². The topological polar surface area (TPSA) is 48.9 Å². The third-order valence-electron chi connectivity index (χ3n) is 4.89. The summed E-state index contributed by atoms with van der Waals surface area (Å²) in [7, 11) is 3.56. The lowest BCUT2D eigenvalue weighted by molar-refractivity contribution is 0.159. The Morgan fingerprint density at radius 1 is 1.31 bits per heavy atom. The monoisotopic (exact) mass is 360 g/mol. The first-order chi connectivity index (χ1) is 12.6. The number of benzene rings is 1. The number of guanidine groups is 1. The lowest BCUT2D eigenvalue weighted by Gasteiger charge is -2.34. The Balaban J connectivity index is 1.72. The summed E-state index contributed by atoms with van der Waals surface area (Å²) in [5.41, 5.74) is 1.22. The van der Waals surface area contributed by atoms with Crippen molar-refractivity contribution in [1.29, 1.82) is 0 Å². The summed E-state index contributed by atoms with van der Waals surface area (Å²) in [6.45, 7) is 10.1. The van der Waals surface area contributed by atoms with Gasteiger partial charge in [0.25, 0.3) is 0 Å². The van der Waals surface area contributed by atoms with E-state index in [1.807, 2.05) is 19.2 Å². The van der Waals surface area contributed by atoms with Crippen molar-refractivity contribution in [3.05, 3.63) is 29.8 Å². The third kappa shape index (κ3) is 6.87. The second kappa shape index (κ2) is 11.1.